The summed E-state index contributed by atoms with van der Waals surface area (Å²) in [5.41, 5.74) is 10.4. The van der Waals surface area contributed by atoms with Gasteiger partial charge in [-0.3, -0.25) is 4.79 Å². The van der Waals surface area contributed by atoms with Crippen LogP contribution in [0.25, 0.3) is 5.65 Å². The zero-order valence-corrected chi connectivity index (χ0v) is 23.1. The number of likely N-dealkylation sites (N-methyl/N-ethyl adjacent to an activating group) is 1. The molecule has 38 heavy (non-hydrogen) atoms. The zero-order chi connectivity index (χ0) is 27.0. The Morgan fingerprint density at radius 2 is 1.92 bits per heavy atom. The first-order chi connectivity index (χ1) is 18.3. The van der Waals surface area contributed by atoms with Crippen molar-refractivity contribution in [1.82, 2.24) is 19.5 Å². The number of anilines is 2. The highest BCUT2D eigenvalue weighted by atomic mass is 16.5. The van der Waals surface area contributed by atoms with Crippen molar-refractivity contribution >= 4 is 23.2 Å². The molecule has 2 aliphatic heterocycles. The number of ether oxygens (including phenoxy) is 2. The summed E-state index contributed by atoms with van der Waals surface area (Å²) in [6.45, 7) is 9.81. The van der Waals surface area contributed by atoms with Crippen molar-refractivity contribution in [3.63, 3.8) is 0 Å². The number of carbonyl (C=O) groups is 1. The molecule has 2 aromatic heterocycles. The van der Waals surface area contributed by atoms with Gasteiger partial charge in [-0.05, 0) is 38.8 Å². The van der Waals surface area contributed by atoms with Gasteiger partial charge in [0.05, 0.1) is 30.5 Å². The molecular weight excluding hydrogens is 482 g/mol. The number of carbonyl (C=O) groups excluding carboxylic acids is 1. The number of hydrogen-bond donors (Lipinski definition) is 1. The van der Waals surface area contributed by atoms with Gasteiger partial charge in [0, 0.05) is 51.4 Å². The highest BCUT2D eigenvalue weighted by Crippen LogP contribution is 2.33. The van der Waals surface area contributed by atoms with E-state index in [4.69, 9.17) is 25.3 Å². The summed E-state index contributed by atoms with van der Waals surface area (Å²) in [7, 11) is 3.89. The summed E-state index contributed by atoms with van der Waals surface area (Å²) in [5, 5.41) is 5.03. The smallest absolute Gasteiger partial charge is 0.257 e. The molecular formula is C28H39N7O3. The van der Waals surface area contributed by atoms with Gasteiger partial charge in [0.15, 0.2) is 5.65 Å². The van der Waals surface area contributed by atoms with Gasteiger partial charge in [0.2, 0.25) is 0 Å². The SMILES string of the molecule is CC[C@H]1c2cc3nc(N4CC[C@H](N)C4)c(C)c(n3n2)N(C)CCOCCOc2ccc(C)cc2C(=O)N1C. The van der Waals surface area contributed by atoms with E-state index in [2.05, 4.69) is 30.7 Å². The Hall–Kier alpha value is -3.37. The second-order valence-corrected chi connectivity index (χ2v) is 10.4. The first kappa shape index (κ1) is 26.2. The van der Waals surface area contributed by atoms with E-state index in [1.54, 1.807) is 4.90 Å². The minimum Gasteiger partial charge on any atom is -0.490 e. The number of fused-ring (bicyclic) bond motifs is 2. The average Bonchev–Trinajstić information content (AvgIpc) is 3.51. The molecule has 1 aromatic carbocycles. The van der Waals surface area contributed by atoms with Crippen molar-refractivity contribution in [2.45, 2.75) is 45.7 Å². The molecule has 0 unspecified atom stereocenters. The maximum absolute atomic E-state index is 13.8. The van der Waals surface area contributed by atoms with Crippen LogP contribution in [0.3, 0.4) is 0 Å². The first-order valence-electron chi connectivity index (χ1n) is 13.5. The number of nitrogens with two attached hydrogens (primary N) is 1. The second kappa shape index (κ2) is 10.8. The molecule has 2 atom stereocenters. The van der Waals surface area contributed by atoms with Gasteiger partial charge in [0.25, 0.3) is 5.91 Å². The number of aromatic nitrogens is 3. The molecule has 0 spiro atoms. The third-order valence-electron chi connectivity index (χ3n) is 7.62. The molecule has 3 aromatic rings. The molecule has 0 radical (unpaired) electrons. The highest BCUT2D eigenvalue weighted by Gasteiger charge is 2.29. The number of nitrogens with zero attached hydrogens (tertiary/aromatic N) is 6. The predicted octanol–water partition coefficient (Wildman–Crippen LogP) is 2.95. The van der Waals surface area contributed by atoms with Crippen molar-refractivity contribution in [2.24, 2.45) is 5.73 Å². The summed E-state index contributed by atoms with van der Waals surface area (Å²) in [5.74, 6) is 2.37. The second-order valence-electron chi connectivity index (χ2n) is 10.4. The van der Waals surface area contributed by atoms with E-state index < -0.39 is 0 Å². The summed E-state index contributed by atoms with van der Waals surface area (Å²) in [6, 6.07) is 7.64. The Bertz CT molecular complexity index is 1320. The van der Waals surface area contributed by atoms with Crippen molar-refractivity contribution in [3.05, 3.63) is 46.6 Å². The monoisotopic (exact) mass is 521 g/mol. The molecule has 0 aliphatic carbocycles. The minimum absolute atomic E-state index is 0.103. The Morgan fingerprint density at radius 3 is 2.66 bits per heavy atom. The number of benzene rings is 1. The van der Waals surface area contributed by atoms with E-state index in [9.17, 15) is 4.79 Å². The van der Waals surface area contributed by atoms with Crippen LogP contribution in [-0.2, 0) is 4.74 Å². The number of hydrogen-bond acceptors (Lipinski definition) is 8. The van der Waals surface area contributed by atoms with Crippen LogP contribution in [0, 0.1) is 13.8 Å². The maximum Gasteiger partial charge on any atom is 0.257 e. The Morgan fingerprint density at radius 1 is 1.11 bits per heavy atom. The van der Waals surface area contributed by atoms with Crippen LogP contribution in [0.1, 0.15) is 53.0 Å². The fourth-order valence-electron chi connectivity index (χ4n) is 5.54. The third kappa shape index (κ3) is 4.90. The van der Waals surface area contributed by atoms with E-state index in [1.807, 2.05) is 42.8 Å². The Kier molecular flexibility index (Phi) is 7.45. The van der Waals surface area contributed by atoms with Crippen molar-refractivity contribution in [3.8, 4) is 5.75 Å². The fourth-order valence-corrected chi connectivity index (χ4v) is 5.54. The van der Waals surface area contributed by atoms with E-state index in [1.165, 1.54) is 0 Å². The Balaban J connectivity index is 1.63. The van der Waals surface area contributed by atoms with Crippen LogP contribution in [0.15, 0.2) is 24.3 Å². The van der Waals surface area contributed by atoms with Crippen LogP contribution in [0.2, 0.25) is 0 Å². The lowest BCUT2D eigenvalue weighted by atomic mass is 10.1. The molecule has 204 valence electrons. The molecule has 0 saturated carbocycles. The standard InChI is InChI=1S/C28H39N7O3/c1-6-23-22-16-25-30-26(34-10-9-20(29)17-34)19(3)27(35(25)31-22)32(4)11-12-37-13-14-38-24-8-7-18(2)15-21(24)28(36)33(23)5/h7-8,15-16,20,23H,6,9-14,17,29H2,1-5H3/t20-,23-/m0/s1. The van der Waals surface area contributed by atoms with E-state index in [0.29, 0.717) is 44.1 Å². The molecule has 1 amide bonds. The maximum atomic E-state index is 13.8. The molecule has 10 heteroatoms. The molecule has 1 fully saturated rings. The minimum atomic E-state index is -0.226. The lowest BCUT2D eigenvalue weighted by Crippen LogP contribution is -2.32. The topological polar surface area (TPSA) is 101 Å². The van der Waals surface area contributed by atoms with Gasteiger partial charge in [0.1, 0.15) is 24.0 Å². The molecule has 1 saturated heterocycles. The molecule has 10 nitrogen and oxygen atoms in total. The molecule has 2 N–H and O–H groups in total. The predicted molar refractivity (Wildman–Crippen MR) is 148 cm³/mol. The lowest BCUT2D eigenvalue weighted by molar-refractivity contribution is 0.0711. The first-order valence-corrected chi connectivity index (χ1v) is 13.5. The van der Waals surface area contributed by atoms with Gasteiger partial charge in [-0.2, -0.15) is 9.61 Å². The normalized spacial score (nSPS) is 21.3. The summed E-state index contributed by atoms with van der Waals surface area (Å²) in [6.07, 6.45) is 1.66. The lowest BCUT2D eigenvalue weighted by Gasteiger charge is -2.27. The largest absolute Gasteiger partial charge is 0.490 e. The molecule has 5 rings (SSSR count). The van der Waals surface area contributed by atoms with Gasteiger partial charge < -0.3 is 29.9 Å². The third-order valence-corrected chi connectivity index (χ3v) is 7.62. The van der Waals surface area contributed by atoms with Crippen LogP contribution in [-0.4, -0.2) is 85.0 Å². The van der Waals surface area contributed by atoms with E-state index in [-0.39, 0.29) is 18.0 Å². The van der Waals surface area contributed by atoms with Crippen LogP contribution < -0.4 is 20.3 Å². The number of rotatable bonds is 2. The molecule has 2 bridgehead atoms. The van der Waals surface area contributed by atoms with E-state index >= 15 is 0 Å². The van der Waals surface area contributed by atoms with Crippen LogP contribution in [0.4, 0.5) is 11.6 Å². The van der Waals surface area contributed by atoms with Crippen molar-refractivity contribution < 1.29 is 14.3 Å². The van der Waals surface area contributed by atoms with Crippen molar-refractivity contribution in [1.29, 1.82) is 0 Å². The summed E-state index contributed by atoms with van der Waals surface area (Å²) >= 11 is 0. The average molecular weight is 522 g/mol. The Labute approximate surface area is 224 Å². The molecule has 4 heterocycles. The van der Waals surface area contributed by atoms with Crippen LogP contribution in [0.5, 0.6) is 5.75 Å². The van der Waals surface area contributed by atoms with Gasteiger partial charge in [-0.25, -0.2) is 4.98 Å². The molecule has 2 aliphatic rings. The van der Waals surface area contributed by atoms with Gasteiger partial charge in [-0.1, -0.05) is 18.6 Å². The number of aryl methyl sites for hydroxylation is 1. The highest BCUT2D eigenvalue weighted by molar-refractivity contribution is 5.97. The van der Waals surface area contributed by atoms with Crippen LogP contribution >= 0.6 is 0 Å². The van der Waals surface area contributed by atoms with E-state index in [0.717, 1.165) is 53.6 Å². The van der Waals surface area contributed by atoms with Gasteiger partial charge >= 0.3 is 0 Å². The van der Waals surface area contributed by atoms with Crippen molar-refractivity contribution in [2.75, 3.05) is 63.4 Å². The summed E-state index contributed by atoms with van der Waals surface area (Å²) in [4.78, 5) is 25.0. The quantitative estimate of drug-likeness (QED) is 0.549. The number of amides is 1. The zero-order valence-electron chi connectivity index (χ0n) is 23.1. The summed E-state index contributed by atoms with van der Waals surface area (Å²) < 4.78 is 13.8. The fraction of sp³-hybridized carbons (Fsp3) is 0.536. The van der Waals surface area contributed by atoms with Gasteiger partial charge in [-0.15, -0.1) is 0 Å².